The molecule has 0 saturated carbocycles. The maximum Gasteiger partial charge on any atom is 0.233 e. The summed E-state index contributed by atoms with van der Waals surface area (Å²) in [5.74, 6) is 0.924. The second kappa shape index (κ2) is 8.61. The summed E-state index contributed by atoms with van der Waals surface area (Å²) in [6.45, 7) is 6.57. The molecular weight excluding hydrogens is 372 g/mol. The topological polar surface area (TPSA) is 72.2 Å². The van der Waals surface area contributed by atoms with Crippen molar-refractivity contribution in [3.05, 3.63) is 71.6 Å². The van der Waals surface area contributed by atoms with Crippen molar-refractivity contribution in [2.45, 2.75) is 50.1 Å². The van der Waals surface area contributed by atoms with E-state index in [1.165, 1.54) is 0 Å². The minimum Gasteiger partial charge on any atom is -0.424 e. The Bertz CT molecular complexity index is 1010. The van der Waals surface area contributed by atoms with Gasteiger partial charge in [0, 0.05) is 13.0 Å². The van der Waals surface area contributed by atoms with E-state index in [2.05, 4.69) is 10.3 Å². The first-order valence-electron chi connectivity index (χ1n) is 9.51. The van der Waals surface area contributed by atoms with E-state index in [1.807, 2.05) is 63.2 Å². The fourth-order valence-corrected chi connectivity index (χ4v) is 4.17. The van der Waals surface area contributed by atoms with Gasteiger partial charge in [-0.3, -0.25) is 0 Å². The van der Waals surface area contributed by atoms with Gasteiger partial charge >= 0.3 is 0 Å². The van der Waals surface area contributed by atoms with Crippen molar-refractivity contribution in [3.63, 3.8) is 0 Å². The highest BCUT2D eigenvalue weighted by Crippen LogP contribution is 2.29. The first-order chi connectivity index (χ1) is 13.4. The molecule has 1 aromatic heterocycles. The molecular formula is C22H26N2O3S. The van der Waals surface area contributed by atoms with E-state index in [0.29, 0.717) is 24.8 Å². The fraction of sp³-hybridized carbons (Fsp3) is 0.318. The molecule has 0 bridgehead atoms. The predicted octanol–water partition coefficient (Wildman–Crippen LogP) is 4.88. The summed E-state index contributed by atoms with van der Waals surface area (Å²) in [6.07, 6.45) is 1.43. The predicted molar refractivity (Wildman–Crippen MR) is 110 cm³/mol. The third kappa shape index (κ3) is 4.62. The van der Waals surface area contributed by atoms with E-state index in [0.717, 1.165) is 17.5 Å². The van der Waals surface area contributed by atoms with Crippen LogP contribution in [0.5, 0.6) is 0 Å². The van der Waals surface area contributed by atoms with Gasteiger partial charge in [-0.25, -0.2) is 8.42 Å². The Morgan fingerprint density at radius 1 is 1.00 bits per heavy atom. The molecule has 6 heteroatoms. The van der Waals surface area contributed by atoms with Gasteiger partial charge in [0.25, 0.3) is 0 Å². The van der Waals surface area contributed by atoms with Gasteiger partial charge in [-0.05, 0) is 35.6 Å². The summed E-state index contributed by atoms with van der Waals surface area (Å²) in [6, 6.07) is 16.7. The number of nitrogens with one attached hydrogen (secondary N) is 1. The lowest BCUT2D eigenvalue weighted by Gasteiger charge is -2.07. The average Bonchev–Trinajstić information content (AvgIpc) is 3.10. The molecule has 0 aliphatic carbocycles. The summed E-state index contributed by atoms with van der Waals surface area (Å²) < 4.78 is 32.2. The molecule has 0 unspecified atom stereocenters. The van der Waals surface area contributed by atoms with Crippen molar-refractivity contribution in [1.82, 2.24) is 4.98 Å². The van der Waals surface area contributed by atoms with Crippen LogP contribution < -0.4 is 5.32 Å². The van der Waals surface area contributed by atoms with Gasteiger partial charge in [0.1, 0.15) is 0 Å². The van der Waals surface area contributed by atoms with Gasteiger partial charge in [-0.15, -0.1) is 0 Å². The molecule has 0 aliphatic rings. The number of sulfone groups is 1. The molecule has 0 saturated heterocycles. The zero-order chi connectivity index (χ0) is 20.1. The first kappa shape index (κ1) is 20.1. The van der Waals surface area contributed by atoms with E-state index in [-0.39, 0.29) is 15.8 Å². The lowest BCUT2D eigenvalue weighted by molar-refractivity contribution is 0.466. The number of nitrogens with zero attached hydrogens (tertiary/aromatic N) is 1. The molecule has 148 valence electrons. The third-order valence-corrected chi connectivity index (χ3v) is 6.09. The Balaban J connectivity index is 1.95. The zero-order valence-corrected chi connectivity index (χ0v) is 17.3. The second-order valence-electron chi connectivity index (χ2n) is 7.18. The molecule has 0 spiro atoms. The highest BCUT2D eigenvalue weighted by molar-refractivity contribution is 7.91. The molecule has 0 amide bonds. The van der Waals surface area contributed by atoms with Crippen LogP contribution in [0.1, 0.15) is 37.8 Å². The number of hydrogen-bond acceptors (Lipinski definition) is 5. The van der Waals surface area contributed by atoms with Gasteiger partial charge < -0.3 is 9.73 Å². The van der Waals surface area contributed by atoms with Crippen LogP contribution >= 0.6 is 0 Å². The SMILES string of the molecule is CCc1ccc(S(=O)(=O)c2nc(CC(C)C)oc2NCc2ccccc2)cc1. The summed E-state index contributed by atoms with van der Waals surface area (Å²) in [5, 5.41) is 3.06. The van der Waals surface area contributed by atoms with E-state index in [4.69, 9.17) is 4.42 Å². The van der Waals surface area contributed by atoms with Crippen LogP contribution in [0, 0.1) is 5.92 Å². The minimum atomic E-state index is -3.78. The number of oxazole rings is 1. The first-order valence-corrected chi connectivity index (χ1v) is 11.0. The molecule has 1 heterocycles. The summed E-state index contributed by atoms with van der Waals surface area (Å²) in [4.78, 5) is 4.56. The monoisotopic (exact) mass is 398 g/mol. The molecule has 3 rings (SSSR count). The second-order valence-corrected chi connectivity index (χ2v) is 9.04. The van der Waals surface area contributed by atoms with Crippen LogP contribution in [0.3, 0.4) is 0 Å². The lowest BCUT2D eigenvalue weighted by Crippen LogP contribution is -2.08. The van der Waals surface area contributed by atoms with E-state index in [1.54, 1.807) is 12.1 Å². The summed E-state index contributed by atoms with van der Waals surface area (Å²) in [5.41, 5.74) is 2.11. The van der Waals surface area contributed by atoms with Crippen LogP contribution in [0.4, 0.5) is 5.88 Å². The number of benzene rings is 2. The molecule has 1 N–H and O–H groups in total. The summed E-state index contributed by atoms with van der Waals surface area (Å²) in [7, 11) is -3.78. The Labute approximate surface area is 166 Å². The zero-order valence-electron chi connectivity index (χ0n) is 16.5. The fourth-order valence-electron chi connectivity index (χ4n) is 2.87. The van der Waals surface area contributed by atoms with E-state index in [9.17, 15) is 8.42 Å². The van der Waals surface area contributed by atoms with Gasteiger partial charge in [0.2, 0.25) is 20.7 Å². The van der Waals surface area contributed by atoms with Gasteiger partial charge in [0.15, 0.2) is 5.89 Å². The van der Waals surface area contributed by atoms with Crippen molar-refractivity contribution >= 4 is 15.7 Å². The summed E-state index contributed by atoms with van der Waals surface area (Å²) >= 11 is 0. The largest absolute Gasteiger partial charge is 0.424 e. The molecule has 5 nitrogen and oxygen atoms in total. The van der Waals surface area contributed by atoms with Crippen molar-refractivity contribution in [1.29, 1.82) is 0 Å². The highest BCUT2D eigenvalue weighted by Gasteiger charge is 2.28. The Hall–Kier alpha value is -2.60. The number of hydrogen-bond donors (Lipinski definition) is 1. The Kier molecular flexibility index (Phi) is 6.19. The van der Waals surface area contributed by atoms with Crippen molar-refractivity contribution < 1.29 is 12.8 Å². The number of aryl methyl sites for hydroxylation is 1. The minimum absolute atomic E-state index is 0.0525. The smallest absolute Gasteiger partial charge is 0.233 e. The maximum absolute atomic E-state index is 13.2. The van der Waals surface area contributed by atoms with Crippen LogP contribution in [-0.4, -0.2) is 13.4 Å². The van der Waals surface area contributed by atoms with Crippen LogP contribution in [0.15, 0.2) is 68.9 Å². The highest BCUT2D eigenvalue weighted by atomic mass is 32.2. The van der Waals surface area contributed by atoms with E-state index < -0.39 is 9.84 Å². The van der Waals surface area contributed by atoms with Crippen molar-refractivity contribution in [2.75, 3.05) is 5.32 Å². The lowest BCUT2D eigenvalue weighted by atomic mass is 10.1. The van der Waals surface area contributed by atoms with Crippen LogP contribution in [0.25, 0.3) is 0 Å². The molecule has 3 aromatic rings. The van der Waals surface area contributed by atoms with Crippen LogP contribution in [-0.2, 0) is 29.2 Å². The van der Waals surface area contributed by atoms with Gasteiger partial charge in [-0.2, -0.15) is 4.98 Å². The molecule has 28 heavy (non-hydrogen) atoms. The number of anilines is 1. The number of aromatic nitrogens is 1. The van der Waals surface area contributed by atoms with Crippen LogP contribution in [0.2, 0.25) is 0 Å². The molecule has 0 radical (unpaired) electrons. The van der Waals surface area contributed by atoms with E-state index >= 15 is 0 Å². The standard InChI is InChI=1S/C22H26N2O3S/c1-4-17-10-12-19(13-11-17)28(25,26)22-21(27-20(24-22)14-16(2)3)23-15-18-8-6-5-7-9-18/h5-13,16,23H,4,14-15H2,1-3H3. The van der Waals surface area contributed by atoms with Gasteiger partial charge in [-0.1, -0.05) is 63.2 Å². The maximum atomic E-state index is 13.2. The number of rotatable bonds is 8. The average molecular weight is 399 g/mol. The molecule has 2 aromatic carbocycles. The quantitative estimate of drug-likeness (QED) is 0.585. The normalized spacial score (nSPS) is 11.7. The van der Waals surface area contributed by atoms with Crippen molar-refractivity contribution in [3.8, 4) is 0 Å². The van der Waals surface area contributed by atoms with Gasteiger partial charge in [0.05, 0.1) is 4.90 Å². The van der Waals surface area contributed by atoms with Crippen molar-refractivity contribution in [2.24, 2.45) is 5.92 Å². The molecule has 0 atom stereocenters. The molecule has 0 fully saturated rings. The third-order valence-electron chi connectivity index (χ3n) is 4.42. The molecule has 0 aliphatic heterocycles. The Morgan fingerprint density at radius 2 is 1.68 bits per heavy atom. The Morgan fingerprint density at radius 3 is 2.29 bits per heavy atom.